The molecule has 0 aromatic carbocycles. The molecule has 2 aliphatic heterocycles. The largest absolute Gasteiger partial charge is 0.394 e. The number of carbonyl (C=O) groups is 1. The van der Waals surface area contributed by atoms with E-state index in [1.165, 1.54) is 6.42 Å². The second kappa shape index (κ2) is 3.64. The van der Waals surface area contributed by atoms with Crippen LogP contribution in [-0.2, 0) is 4.79 Å². The molecule has 2 heterocycles. The minimum Gasteiger partial charge on any atom is -0.394 e. The summed E-state index contributed by atoms with van der Waals surface area (Å²) in [6, 6.07) is 0.0263. The van der Waals surface area contributed by atoms with Gasteiger partial charge in [0.25, 0.3) is 0 Å². The first kappa shape index (κ1) is 8.97. The van der Waals surface area contributed by atoms with Crippen molar-refractivity contribution >= 4 is 5.91 Å². The molecule has 0 aromatic heterocycles. The zero-order valence-electron chi connectivity index (χ0n) is 7.70. The van der Waals surface area contributed by atoms with Gasteiger partial charge in [-0.15, -0.1) is 0 Å². The summed E-state index contributed by atoms with van der Waals surface area (Å²) in [6.07, 6.45) is 3.31. The highest BCUT2D eigenvalue weighted by atomic mass is 16.3. The summed E-state index contributed by atoms with van der Waals surface area (Å²) in [7, 11) is 0. The molecule has 2 atom stereocenters. The van der Waals surface area contributed by atoms with E-state index in [1.807, 2.05) is 0 Å². The lowest BCUT2D eigenvalue weighted by molar-refractivity contribution is -0.132. The molecule has 0 unspecified atom stereocenters. The molecule has 2 rings (SSSR count). The molecule has 13 heavy (non-hydrogen) atoms. The van der Waals surface area contributed by atoms with E-state index in [4.69, 9.17) is 5.11 Å². The summed E-state index contributed by atoms with van der Waals surface area (Å²) < 4.78 is 0. The molecule has 0 spiro atoms. The van der Waals surface area contributed by atoms with Gasteiger partial charge in [0.1, 0.15) is 0 Å². The maximum atomic E-state index is 11.5. The molecule has 4 heteroatoms. The van der Waals surface area contributed by atoms with Crippen LogP contribution in [0.2, 0.25) is 0 Å². The van der Waals surface area contributed by atoms with Crippen LogP contribution in [0.3, 0.4) is 0 Å². The number of aliphatic hydroxyl groups excluding tert-OH is 1. The minimum atomic E-state index is -0.0538. The number of hydrogen-bond donors (Lipinski definition) is 2. The van der Waals surface area contributed by atoms with Crippen molar-refractivity contribution in [2.45, 2.75) is 31.3 Å². The molecule has 4 nitrogen and oxygen atoms in total. The lowest BCUT2D eigenvalue weighted by atomic mass is 9.98. The Bertz CT molecular complexity index is 208. The lowest BCUT2D eigenvalue weighted by Gasteiger charge is -2.41. The van der Waals surface area contributed by atoms with Gasteiger partial charge in [-0.1, -0.05) is 6.42 Å². The summed E-state index contributed by atoms with van der Waals surface area (Å²) in [4.78, 5) is 13.7. The monoisotopic (exact) mass is 184 g/mol. The van der Waals surface area contributed by atoms with Gasteiger partial charge in [-0.05, 0) is 19.4 Å². The number of amides is 1. The van der Waals surface area contributed by atoms with Crippen molar-refractivity contribution < 1.29 is 9.90 Å². The fraction of sp³-hybridized carbons (Fsp3) is 0.889. The first-order chi connectivity index (χ1) is 6.31. The summed E-state index contributed by atoms with van der Waals surface area (Å²) in [5, 5.41) is 11.8. The first-order valence-corrected chi connectivity index (χ1v) is 4.96. The number of piperazine rings is 1. The van der Waals surface area contributed by atoms with Gasteiger partial charge in [-0.2, -0.15) is 0 Å². The third-order valence-corrected chi connectivity index (χ3v) is 2.94. The van der Waals surface area contributed by atoms with Gasteiger partial charge in [-0.3, -0.25) is 9.69 Å². The van der Waals surface area contributed by atoms with Crippen molar-refractivity contribution in [1.29, 1.82) is 0 Å². The number of nitrogens with zero attached hydrogens (tertiary/aromatic N) is 1. The molecule has 0 radical (unpaired) electrons. The van der Waals surface area contributed by atoms with E-state index in [-0.39, 0.29) is 24.6 Å². The molecule has 74 valence electrons. The van der Waals surface area contributed by atoms with Crippen molar-refractivity contribution in [3.63, 3.8) is 0 Å². The van der Waals surface area contributed by atoms with Crippen LogP contribution in [0.15, 0.2) is 0 Å². The number of aliphatic hydroxyl groups is 1. The Balaban J connectivity index is 2.03. The average Bonchev–Trinajstić information content (AvgIpc) is 2.18. The lowest BCUT2D eigenvalue weighted by Crippen LogP contribution is -2.62. The number of piperidine rings is 1. The van der Waals surface area contributed by atoms with E-state index in [9.17, 15) is 4.79 Å². The Hall–Kier alpha value is -0.610. The molecule has 2 saturated heterocycles. The van der Waals surface area contributed by atoms with Crippen molar-refractivity contribution in [2.24, 2.45) is 0 Å². The number of carbonyl (C=O) groups excluding carboxylic acids is 1. The van der Waals surface area contributed by atoms with Crippen LogP contribution in [0.25, 0.3) is 0 Å². The SMILES string of the molecule is O=C1N[C@H](CO)CN2CCCC[C@@H]12. The standard InChI is InChI=1S/C9H16N2O2/c12-6-7-5-11-4-2-1-3-8(11)9(13)10-7/h7-8,12H,1-6H2,(H,10,13)/t7-,8-/m0/s1. The molecule has 1 amide bonds. The van der Waals surface area contributed by atoms with Crippen molar-refractivity contribution in [1.82, 2.24) is 10.2 Å². The summed E-state index contributed by atoms with van der Waals surface area (Å²) >= 11 is 0. The van der Waals surface area contributed by atoms with Gasteiger partial charge in [0, 0.05) is 6.54 Å². The maximum absolute atomic E-state index is 11.5. The fourth-order valence-corrected chi connectivity index (χ4v) is 2.24. The molecule has 2 aliphatic rings. The highest BCUT2D eigenvalue weighted by Gasteiger charge is 2.35. The van der Waals surface area contributed by atoms with Gasteiger partial charge in [0.15, 0.2) is 0 Å². The fourth-order valence-electron chi connectivity index (χ4n) is 2.24. The van der Waals surface area contributed by atoms with E-state index in [1.54, 1.807) is 0 Å². The summed E-state index contributed by atoms with van der Waals surface area (Å²) in [5.41, 5.74) is 0. The van der Waals surface area contributed by atoms with Crippen molar-refractivity contribution in [3.05, 3.63) is 0 Å². The smallest absolute Gasteiger partial charge is 0.237 e. The Morgan fingerprint density at radius 1 is 1.54 bits per heavy atom. The molecule has 0 bridgehead atoms. The molecular formula is C9H16N2O2. The van der Waals surface area contributed by atoms with Crippen LogP contribution in [-0.4, -0.2) is 47.7 Å². The van der Waals surface area contributed by atoms with Crippen LogP contribution in [0.1, 0.15) is 19.3 Å². The third kappa shape index (κ3) is 1.69. The normalized spacial score (nSPS) is 35.3. The van der Waals surface area contributed by atoms with E-state index in [2.05, 4.69) is 10.2 Å². The molecule has 2 fully saturated rings. The highest BCUT2D eigenvalue weighted by molar-refractivity contribution is 5.83. The second-order valence-electron chi connectivity index (χ2n) is 3.89. The van der Waals surface area contributed by atoms with Gasteiger partial charge < -0.3 is 10.4 Å². The van der Waals surface area contributed by atoms with Crippen LogP contribution in [0.4, 0.5) is 0 Å². The van der Waals surface area contributed by atoms with Crippen molar-refractivity contribution in [2.75, 3.05) is 19.7 Å². The molecular weight excluding hydrogens is 168 g/mol. The molecule has 2 N–H and O–H groups in total. The van der Waals surface area contributed by atoms with E-state index < -0.39 is 0 Å². The quantitative estimate of drug-likeness (QED) is 0.568. The first-order valence-electron chi connectivity index (χ1n) is 4.96. The topological polar surface area (TPSA) is 52.6 Å². The predicted molar refractivity (Wildman–Crippen MR) is 48.2 cm³/mol. The van der Waals surface area contributed by atoms with E-state index >= 15 is 0 Å². The van der Waals surface area contributed by atoms with Crippen LogP contribution in [0, 0.1) is 0 Å². The Morgan fingerprint density at radius 3 is 3.15 bits per heavy atom. The number of hydrogen-bond acceptors (Lipinski definition) is 3. The van der Waals surface area contributed by atoms with Gasteiger partial charge in [0.05, 0.1) is 18.7 Å². The third-order valence-electron chi connectivity index (χ3n) is 2.94. The summed E-state index contributed by atoms with van der Waals surface area (Å²) in [5.74, 6) is 0.102. The number of nitrogens with one attached hydrogen (secondary N) is 1. The Morgan fingerprint density at radius 2 is 2.38 bits per heavy atom. The average molecular weight is 184 g/mol. The van der Waals surface area contributed by atoms with Gasteiger partial charge in [0.2, 0.25) is 5.91 Å². The zero-order valence-corrected chi connectivity index (χ0v) is 7.70. The van der Waals surface area contributed by atoms with Gasteiger partial charge >= 0.3 is 0 Å². The van der Waals surface area contributed by atoms with Crippen LogP contribution >= 0.6 is 0 Å². The number of fused-ring (bicyclic) bond motifs is 1. The second-order valence-corrected chi connectivity index (χ2v) is 3.89. The van der Waals surface area contributed by atoms with E-state index in [0.717, 1.165) is 25.9 Å². The summed E-state index contributed by atoms with van der Waals surface area (Å²) in [6.45, 7) is 1.87. The Kier molecular flexibility index (Phi) is 2.51. The Labute approximate surface area is 77.9 Å². The zero-order chi connectivity index (χ0) is 9.26. The van der Waals surface area contributed by atoms with Crippen LogP contribution < -0.4 is 5.32 Å². The minimum absolute atomic E-state index is 0.0506. The van der Waals surface area contributed by atoms with Crippen LogP contribution in [0.5, 0.6) is 0 Å². The molecule has 0 aliphatic carbocycles. The molecule has 0 saturated carbocycles. The molecule has 0 aromatic rings. The predicted octanol–water partition coefficient (Wildman–Crippen LogP) is -0.668. The maximum Gasteiger partial charge on any atom is 0.237 e. The van der Waals surface area contributed by atoms with Crippen molar-refractivity contribution in [3.8, 4) is 0 Å². The highest BCUT2D eigenvalue weighted by Crippen LogP contribution is 2.20. The van der Waals surface area contributed by atoms with Gasteiger partial charge in [-0.25, -0.2) is 0 Å². The number of rotatable bonds is 1. The van der Waals surface area contributed by atoms with E-state index in [0.29, 0.717) is 0 Å².